The molecule has 0 aliphatic carbocycles. The van der Waals surface area contributed by atoms with Gasteiger partial charge in [0.05, 0.1) is 0 Å². The third-order valence-electron chi connectivity index (χ3n) is 0.140. The molecule has 5 heteroatoms. The predicted molar refractivity (Wildman–Crippen MR) is 9.28 cm³/mol. The molecule has 6 heavy (non-hydrogen) atoms. The lowest BCUT2D eigenvalue weighted by Gasteiger charge is -1.87. The molecule has 0 aromatic carbocycles. The number of hydrogen-bond acceptors (Lipinski definition) is 2. The van der Waals surface area contributed by atoms with Crippen molar-refractivity contribution in [3.8, 4) is 0 Å². The van der Waals surface area contributed by atoms with Gasteiger partial charge in [-0.15, -0.1) is 9.88 Å². The van der Waals surface area contributed by atoms with Gasteiger partial charge in [-0.3, -0.25) is 0 Å². The molecule has 0 aliphatic rings. The summed E-state index contributed by atoms with van der Waals surface area (Å²) in [7, 11) is 0. The molecule has 0 unspecified atom stereocenters. The summed E-state index contributed by atoms with van der Waals surface area (Å²) >= 11 is 0. The van der Waals surface area contributed by atoms with Crippen LogP contribution in [0.5, 0.6) is 0 Å². The van der Waals surface area contributed by atoms with E-state index in [4.69, 9.17) is 0 Å². The summed E-state index contributed by atoms with van der Waals surface area (Å²) in [5, 5.41) is 0. The molecule has 0 atom stereocenters. The first-order chi connectivity index (χ1) is 2.81. The van der Waals surface area contributed by atoms with Crippen LogP contribution in [-0.4, -0.2) is 6.54 Å². The lowest BCUT2D eigenvalue weighted by atomic mass is 11.4. The molecule has 0 aromatic heterocycles. The van der Waals surface area contributed by atoms with E-state index in [1.807, 2.05) is 0 Å². The zero-order chi connectivity index (χ0) is 4.99. The zero-order valence-electron chi connectivity index (χ0n) is 2.53. The first-order valence-corrected chi connectivity index (χ1v) is 0.998. The number of rotatable bonds is 2. The average Bonchev–Trinajstić information content (AvgIpc) is 1.65. The Labute approximate surface area is 31.3 Å². The van der Waals surface area contributed by atoms with Crippen LogP contribution in [0.3, 0.4) is 0 Å². The minimum absolute atomic E-state index is 2.14. The fraction of sp³-hybridized carbons (Fsp3) is 1.00. The quantitative estimate of drug-likeness (QED) is 0.485. The molecule has 0 fully saturated rings. The predicted octanol–water partition coefficient (Wildman–Crippen LogP) is 1.04. The van der Waals surface area contributed by atoms with E-state index in [0.29, 0.717) is 0 Å². The van der Waals surface area contributed by atoms with Crippen molar-refractivity contribution in [1.82, 2.24) is 0 Å². The highest BCUT2D eigenvalue weighted by Crippen LogP contribution is 1.94. The van der Waals surface area contributed by atoms with Gasteiger partial charge in [-0.25, -0.2) is 0 Å². The summed E-state index contributed by atoms with van der Waals surface area (Å²) in [4.78, 5) is 4.27. The van der Waals surface area contributed by atoms with Crippen LogP contribution in [0.25, 0.3) is 0 Å². The summed E-state index contributed by atoms with van der Waals surface area (Å²) in [6, 6.07) is 0. The average molecular weight is 102 g/mol. The first kappa shape index (κ1) is 5.71. The van der Waals surface area contributed by atoms with Crippen LogP contribution in [0.15, 0.2) is 0 Å². The van der Waals surface area contributed by atoms with Crippen LogP contribution >= 0.6 is 0 Å². The Hall–Kier alpha value is -0.290. The Morgan fingerprint density at radius 1 is 1.17 bits per heavy atom. The van der Waals surface area contributed by atoms with E-state index in [9.17, 15) is 13.4 Å². The normalized spacial score (nSPS) is 10.0. The van der Waals surface area contributed by atoms with Crippen LogP contribution in [0.2, 0.25) is 0 Å². The van der Waals surface area contributed by atoms with Crippen LogP contribution in [0, 0.1) is 0 Å². The van der Waals surface area contributed by atoms with Gasteiger partial charge in [-0.1, -0.05) is 0 Å². The number of alkyl halides is 1. The van der Waals surface area contributed by atoms with E-state index in [1.165, 1.54) is 0 Å². The Morgan fingerprint density at radius 2 is 1.50 bits per heavy atom. The summed E-state index contributed by atoms with van der Waals surface area (Å²) < 4.78 is 31.0. The minimum atomic E-state index is -2.90. The van der Waals surface area contributed by atoms with Gasteiger partial charge >= 0.3 is 6.54 Å². The Balaban J connectivity index is 2.75. The molecule has 0 spiro atoms. The van der Waals surface area contributed by atoms with Crippen molar-refractivity contribution in [3.05, 3.63) is 0 Å². The summed E-state index contributed by atoms with van der Waals surface area (Å²) in [6.45, 7) is -2.90. The van der Waals surface area contributed by atoms with Gasteiger partial charge in [0, 0.05) is 0 Å². The zero-order valence-corrected chi connectivity index (χ0v) is 2.53. The Morgan fingerprint density at radius 3 is 1.50 bits per heavy atom. The van der Waals surface area contributed by atoms with Gasteiger partial charge in [0.1, 0.15) is 0 Å². The smallest absolute Gasteiger partial charge is 0.178 e. The lowest BCUT2D eigenvalue weighted by Crippen LogP contribution is -1.97. The van der Waals surface area contributed by atoms with Crippen molar-refractivity contribution < 1.29 is 23.3 Å². The second-order valence-electron chi connectivity index (χ2n) is 0.453. The van der Waals surface area contributed by atoms with E-state index in [0.717, 1.165) is 0 Å². The van der Waals surface area contributed by atoms with Crippen LogP contribution < -0.4 is 0 Å². The van der Waals surface area contributed by atoms with Crippen molar-refractivity contribution in [2.75, 3.05) is 0 Å². The van der Waals surface area contributed by atoms with Crippen LogP contribution in [0.1, 0.15) is 0 Å². The monoisotopic (exact) mass is 102 g/mol. The highest BCUT2D eigenvalue weighted by Gasteiger charge is 2.03. The second kappa shape index (κ2) is 2.92. The maximum absolute atomic E-state index is 10.7. The molecule has 0 saturated heterocycles. The SMILES string of the molecule is FOC(F)OF. The molecule has 38 valence electrons. The Bertz CT molecular complexity index is 28.0. The maximum Gasteiger partial charge on any atom is 0.373 e. The van der Waals surface area contributed by atoms with Gasteiger partial charge in [0.25, 0.3) is 0 Å². The first-order valence-electron chi connectivity index (χ1n) is 0.998. The summed E-state index contributed by atoms with van der Waals surface area (Å²) in [6.07, 6.45) is 0. The largest absolute Gasteiger partial charge is 0.373 e. The van der Waals surface area contributed by atoms with Crippen molar-refractivity contribution in [2.24, 2.45) is 0 Å². The van der Waals surface area contributed by atoms with Gasteiger partial charge in [-0.2, -0.15) is 4.39 Å². The molecule has 0 aromatic rings. The van der Waals surface area contributed by atoms with Crippen LogP contribution in [-0.2, 0) is 9.88 Å². The maximum atomic E-state index is 10.7. The second-order valence-corrected chi connectivity index (χ2v) is 0.453. The van der Waals surface area contributed by atoms with E-state index in [1.54, 1.807) is 0 Å². The lowest BCUT2D eigenvalue weighted by molar-refractivity contribution is -0.393. The van der Waals surface area contributed by atoms with E-state index < -0.39 is 6.54 Å². The fourth-order valence-corrected chi connectivity index (χ4v) is 0.0137. The van der Waals surface area contributed by atoms with Crippen molar-refractivity contribution in [2.45, 2.75) is 6.54 Å². The van der Waals surface area contributed by atoms with E-state index >= 15 is 0 Å². The molecule has 0 amide bonds. The van der Waals surface area contributed by atoms with Gasteiger partial charge < -0.3 is 0 Å². The molecule has 0 radical (unpaired) electrons. The Kier molecular flexibility index (Phi) is 2.78. The number of hydrogen-bond donors (Lipinski definition) is 0. The highest BCUT2D eigenvalue weighted by molar-refractivity contribution is 3.90. The fourth-order valence-electron chi connectivity index (χ4n) is 0.0137. The van der Waals surface area contributed by atoms with Gasteiger partial charge in [0.15, 0.2) is 0 Å². The molecule has 2 nitrogen and oxygen atoms in total. The van der Waals surface area contributed by atoms with E-state index in [2.05, 4.69) is 9.88 Å². The molecule has 0 bridgehead atoms. The number of halogens is 3. The van der Waals surface area contributed by atoms with Crippen molar-refractivity contribution >= 4 is 0 Å². The third-order valence-corrected chi connectivity index (χ3v) is 0.140. The molecular weight excluding hydrogens is 101 g/mol. The summed E-state index contributed by atoms with van der Waals surface area (Å²) in [5.74, 6) is 0. The molecular formula is CHF3O2. The molecule has 0 heterocycles. The van der Waals surface area contributed by atoms with Gasteiger partial charge in [0.2, 0.25) is 0 Å². The molecule has 0 rings (SSSR count). The van der Waals surface area contributed by atoms with Crippen molar-refractivity contribution in [3.63, 3.8) is 0 Å². The molecule has 0 saturated carbocycles. The molecule has 0 aliphatic heterocycles. The standard InChI is InChI=1S/CHF3O2/c2-1(5-3)6-4/h1H. The molecule has 0 N–H and O–H groups in total. The topological polar surface area (TPSA) is 18.5 Å². The highest BCUT2D eigenvalue weighted by atomic mass is 19.3. The van der Waals surface area contributed by atoms with Crippen molar-refractivity contribution in [1.29, 1.82) is 0 Å². The summed E-state index contributed by atoms with van der Waals surface area (Å²) in [5.41, 5.74) is 0. The third kappa shape index (κ3) is 1.98. The van der Waals surface area contributed by atoms with E-state index in [-0.39, 0.29) is 0 Å². The van der Waals surface area contributed by atoms with Gasteiger partial charge in [-0.05, 0) is 9.05 Å². The minimum Gasteiger partial charge on any atom is -0.178 e. The van der Waals surface area contributed by atoms with Crippen LogP contribution in [0.4, 0.5) is 13.4 Å².